The first-order valence-corrected chi connectivity index (χ1v) is 10.1. The van der Waals surface area contributed by atoms with Gasteiger partial charge in [0.2, 0.25) is 0 Å². The summed E-state index contributed by atoms with van der Waals surface area (Å²) >= 11 is 0. The lowest BCUT2D eigenvalue weighted by atomic mass is 9.95. The molecule has 0 bridgehead atoms. The van der Waals surface area contributed by atoms with Gasteiger partial charge in [0.05, 0.1) is 13.2 Å². The molecule has 6 heteroatoms. The molecule has 3 aromatic rings. The third kappa shape index (κ3) is 4.15. The van der Waals surface area contributed by atoms with Gasteiger partial charge < -0.3 is 19.8 Å². The summed E-state index contributed by atoms with van der Waals surface area (Å²) < 4.78 is 19.5. The van der Waals surface area contributed by atoms with Gasteiger partial charge in [0, 0.05) is 30.4 Å². The summed E-state index contributed by atoms with van der Waals surface area (Å²) in [7, 11) is 0. The highest BCUT2D eigenvalue weighted by Crippen LogP contribution is 2.32. The average Bonchev–Trinajstić information content (AvgIpc) is 3.23. The van der Waals surface area contributed by atoms with Crippen LogP contribution in [0.25, 0.3) is 0 Å². The number of aliphatic hydroxyl groups excluding tert-OH is 2. The molecule has 1 unspecified atom stereocenters. The van der Waals surface area contributed by atoms with Crippen molar-refractivity contribution in [1.29, 1.82) is 0 Å². The monoisotopic (exact) mass is 408 g/mol. The molecule has 2 aromatic carbocycles. The molecule has 0 aliphatic carbocycles. The van der Waals surface area contributed by atoms with E-state index in [0.717, 1.165) is 40.9 Å². The zero-order chi connectivity index (χ0) is 21.1. The Morgan fingerprint density at radius 3 is 2.80 bits per heavy atom. The second kappa shape index (κ2) is 8.81. The number of ether oxygens (including phenoxy) is 1. The van der Waals surface area contributed by atoms with Crippen LogP contribution in [0.4, 0.5) is 10.1 Å². The molecular weight excluding hydrogens is 383 g/mol. The van der Waals surface area contributed by atoms with Gasteiger partial charge in [-0.25, -0.2) is 9.37 Å². The summed E-state index contributed by atoms with van der Waals surface area (Å²) in [5.74, 6) is -0.454. The molecule has 156 valence electrons. The number of pyridine rings is 1. The Morgan fingerprint density at radius 2 is 2.03 bits per heavy atom. The zero-order valence-corrected chi connectivity index (χ0v) is 16.8. The van der Waals surface area contributed by atoms with Crippen molar-refractivity contribution in [2.24, 2.45) is 0 Å². The fraction of sp³-hybridized carbons (Fsp3) is 0.292. The molecule has 4 rings (SSSR count). The summed E-state index contributed by atoms with van der Waals surface area (Å²) in [4.78, 5) is 6.07. The normalized spacial score (nSPS) is 17.2. The third-order valence-electron chi connectivity index (χ3n) is 5.56. The number of halogens is 1. The summed E-state index contributed by atoms with van der Waals surface area (Å²) in [5.41, 5.74) is 4.23. The Labute approximate surface area is 175 Å². The van der Waals surface area contributed by atoms with Gasteiger partial charge in [-0.3, -0.25) is 0 Å². The molecule has 0 radical (unpaired) electrons. The van der Waals surface area contributed by atoms with E-state index < -0.39 is 11.9 Å². The number of rotatable bonds is 6. The van der Waals surface area contributed by atoms with Crippen LogP contribution in [0.2, 0.25) is 0 Å². The summed E-state index contributed by atoms with van der Waals surface area (Å²) in [6, 6.07) is 16.2. The van der Waals surface area contributed by atoms with Crippen molar-refractivity contribution in [3.63, 3.8) is 0 Å². The van der Waals surface area contributed by atoms with Crippen LogP contribution >= 0.6 is 0 Å². The molecule has 1 aliphatic rings. The molecule has 1 aliphatic heterocycles. The van der Waals surface area contributed by atoms with Gasteiger partial charge in [0.25, 0.3) is 5.88 Å². The molecule has 0 spiro atoms. The van der Waals surface area contributed by atoms with E-state index in [9.17, 15) is 14.6 Å². The molecular formula is C24H25FN2O3. The van der Waals surface area contributed by atoms with Gasteiger partial charge in [-0.1, -0.05) is 30.3 Å². The topological polar surface area (TPSA) is 65.8 Å². The second-order valence-corrected chi connectivity index (χ2v) is 7.57. The Hall–Kier alpha value is -2.96. The number of aliphatic hydroxyl groups is 2. The molecule has 0 amide bonds. The zero-order valence-electron chi connectivity index (χ0n) is 16.8. The minimum absolute atomic E-state index is 0.0171. The van der Waals surface area contributed by atoms with E-state index >= 15 is 0 Å². The van der Waals surface area contributed by atoms with Crippen LogP contribution in [-0.2, 0) is 6.61 Å². The standard InChI is InChI=1S/C24H25FN2O3/c1-16-5-2-3-6-20(16)23(29)17-8-9-22(18(13-17)15-28)27-12-10-19(14-27)30-24-21(25)7-4-11-26-24/h2-9,11,13,19,23,28-29H,10,12,14-15H2,1H3/t19-,23?/m0/s1. The maximum atomic E-state index is 13.8. The lowest BCUT2D eigenvalue weighted by Gasteiger charge is -2.23. The van der Waals surface area contributed by atoms with Crippen molar-refractivity contribution in [2.45, 2.75) is 32.2 Å². The number of anilines is 1. The van der Waals surface area contributed by atoms with Gasteiger partial charge in [0.15, 0.2) is 5.82 Å². The van der Waals surface area contributed by atoms with Crippen LogP contribution in [0, 0.1) is 12.7 Å². The van der Waals surface area contributed by atoms with Gasteiger partial charge in [-0.05, 0) is 47.9 Å². The molecule has 5 nitrogen and oxygen atoms in total. The summed E-state index contributed by atoms with van der Waals surface area (Å²) in [6.45, 7) is 3.13. The quantitative estimate of drug-likeness (QED) is 0.650. The minimum atomic E-state index is -0.757. The smallest absolute Gasteiger partial charge is 0.250 e. The van der Waals surface area contributed by atoms with E-state index in [1.807, 2.05) is 49.4 Å². The predicted molar refractivity (Wildman–Crippen MR) is 113 cm³/mol. The van der Waals surface area contributed by atoms with Crippen LogP contribution in [0.1, 0.15) is 34.8 Å². The first kappa shape index (κ1) is 20.3. The number of nitrogens with zero attached hydrogens (tertiary/aromatic N) is 2. The van der Waals surface area contributed by atoms with E-state index in [-0.39, 0.29) is 18.6 Å². The highest BCUT2D eigenvalue weighted by atomic mass is 19.1. The number of benzene rings is 2. The fourth-order valence-electron chi connectivity index (χ4n) is 3.94. The van der Waals surface area contributed by atoms with Crippen molar-refractivity contribution in [2.75, 3.05) is 18.0 Å². The van der Waals surface area contributed by atoms with Gasteiger partial charge in [-0.15, -0.1) is 0 Å². The van der Waals surface area contributed by atoms with Crippen LogP contribution in [-0.4, -0.2) is 34.4 Å². The fourth-order valence-corrected chi connectivity index (χ4v) is 3.94. The van der Waals surface area contributed by atoms with Crippen LogP contribution in [0.15, 0.2) is 60.8 Å². The molecule has 2 atom stereocenters. The number of hydrogen-bond donors (Lipinski definition) is 2. The van der Waals surface area contributed by atoms with E-state index in [1.165, 1.54) is 18.3 Å². The van der Waals surface area contributed by atoms with Crippen molar-refractivity contribution in [3.8, 4) is 5.88 Å². The Morgan fingerprint density at radius 1 is 1.20 bits per heavy atom. The average molecular weight is 408 g/mol. The van der Waals surface area contributed by atoms with E-state index in [0.29, 0.717) is 6.54 Å². The third-order valence-corrected chi connectivity index (χ3v) is 5.56. The highest BCUT2D eigenvalue weighted by molar-refractivity contribution is 5.56. The second-order valence-electron chi connectivity index (χ2n) is 7.57. The van der Waals surface area contributed by atoms with Crippen molar-refractivity contribution in [1.82, 2.24) is 4.98 Å². The SMILES string of the molecule is Cc1ccccc1C(O)c1ccc(N2CC[C@H](Oc3ncccc3F)C2)c(CO)c1. The lowest BCUT2D eigenvalue weighted by molar-refractivity contribution is 0.205. The van der Waals surface area contributed by atoms with Gasteiger partial charge in [-0.2, -0.15) is 0 Å². The van der Waals surface area contributed by atoms with Crippen molar-refractivity contribution in [3.05, 3.63) is 88.9 Å². The lowest BCUT2D eigenvalue weighted by Crippen LogP contribution is -2.26. The molecule has 1 saturated heterocycles. The maximum absolute atomic E-state index is 13.8. The molecule has 1 aromatic heterocycles. The maximum Gasteiger partial charge on any atom is 0.250 e. The van der Waals surface area contributed by atoms with Gasteiger partial charge in [0.1, 0.15) is 12.2 Å². The van der Waals surface area contributed by atoms with Crippen molar-refractivity contribution < 1.29 is 19.3 Å². The van der Waals surface area contributed by atoms with Gasteiger partial charge >= 0.3 is 0 Å². The highest BCUT2D eigenvalue weighted by Gasteiger charge is 2.27. The Bertz CT molecular complexity index is 1030. The van der Waals surface area contributed by atoms with E-state index in [1.54, 1.807) is 0 Å². The molecule has 2 N–H and O–H groups in total. The molecule has 2 heterocycles. The minimum Gasteiger partial charge on any atom is -0.470 e. The number of hydrogen-bond acceptors (Lipinski definition) is 5. The van der Waals surface area contributed by atoms with Crippen molar-refractivity contribution >= 4 is 5.69 Å². The van der Waals surface area contributed by atoms with Crippen LogP contribution in [0.5, 0.6) is 5.88 Å². The Balaban J connectivity index is 1.51. The first-order chi connectivity index (χ1) is 14.6. The number of aryl methyl sites for hydroxylation is 1. The summed E-state index contributed by atoms with van der Waals surface area (Å²) in [5, 5.41) is 20.8. The van der Waals surface area contributed by atoms with E-state index in [2.05, 4.69) is 9.88 Å². The predicted octanol–water partition coefficient (Wildman–Crippen LogP) is 3.76. The number of aromatic nitrogens is 1. The largest absolute Gasteiger partial charge is 0.470 e. The molecule has 1 fully saturated rings. The van der Waals surface area contributed by atoms with E-state index in [4.69, 9.17) is 4.74 Å². The van der Waals surface area contributed by atoms with Crippen LogP contribution < -0.4 is 9.64 Å². The summed E-state index contributed by atoms with van der Waals surface area (Å²) in [6.07, 6.45) is 1.30. The molecule has 30 heavy (non-hydrogen) atoms. The van der Waals surface area contributed by atoms with Crippen LogP contribution in [0.3, 0.4) is 0 Å². The molecule has 0 saturated carbocycles. The first-order valence-electron chi connectivity index (χ1n) is 10.1. The Kier molecular flexibility index (Phi) is 5.97.